The Bertz CT molecular complexity index is 1530. The minimum absolute atomic E-state index is 0. The Morgan fingerprint density at radius 1 is 0.688 bits per heavy atom. The van der Waals surface area contributed by atoms with Crippen LogP contribution in [0.15, 0.2) is 97.6 Å². The summed E-state index contributed by atoms with van der Waals surface area (Å²) in [7, 11) is 0. The largest absolute Gasteiger partial charge is 4.00 e. The van der Waals surface area contributed by atoms with Crippen molar-refractivity contribution in [3.63, 3.8) is 0 Å². The molecule has 0 aliphatic heterocycles. The summed E-state index contributed by atoms with van der Waals surface area (Å²) in [5.41, 5.74) is 7.15. The van der Waals surface area contributed by atoms with Gasteiger partial charge in [0.25, 0.3) is 0 Å². The van der Waals surface area contributed by atoms with E-state index in [2.05, 4.69) is 149 Å². The van der Waals surface area contributed by atoms with Gasteiger partial charge in [-0.2, -0.15) is 48.7 Å². The normalized spacial score (nSPS) is 13.5. The quantitative estimate of drug-likeness (QED) is 0.126. The molecule has 0 unspecified atom stereocenters. The Hall–Kier alpha value is -2.64. The fourth-order valence-electron chi connectivity index (χ4n) is 6.00. The zero-order valence-corrected chi connectivity index (χ0v) is 35.4. The van der Waals surface area contributed by atoms with Crippen LogP contribution in [0.5, 0.6) is 0 Å². The Morgan fingerprint density at radius 2 is 1.12 bits per heavy atom. The second kappa shape index (κ2) is 18.9. The van der Waals surface area contributed by atoms with E-state index in [0.717, 1.165) is 11.5 Å². The summed E-state index contributed by atoms with van der Waals surface area (Å²) in [6, 6.07) is 32.8. The SMILES string of the molecule is C=[C-]C1CCCCC1.CC(C)(C)c1ccc2c(c1)[cH-]c1cc(C(C)(C)C)ccc12.[CH2-]c1cc(C(C)C)cc(C(C)C)c1.[Hf+4].c1cc[cH-]c1. The van der Waals surface area contributed by atoms with E-state index in [1.54, 1.807) is 0 Å². The smallest absolute Gasteiger partial charge is 0.501 e. The first-order valence-electron chi connectivity index (χ1n) is 17.9. The van der Waals surface area contributed by atoms with Crippen LogP contribution in [0.25, 0.3) is 21.5 Å². The third kappa shape index (κ3) is 12.7. The maximum Gasteiger partial charge on any atom is 4.00 e. The number of benzene rings is 3. The van der Waals surface area contributed by atoms with Crippen molar-refractivity contribution in [2.24, 2.45) is 5.92 Å². The fourth-order valence-corrected chi connectivity index (χ4v) is 6.00. The van der Waals surface area contributed by atoms with Gasteiger partial charge in [-0.15, -0.1) is 50.9 Å². The maximum absolute atomic E-state index is 4.01. The van der Waals surface area contributed by atoms with Crippen molar-refractivity contribution in [2.75, 3.05) is 0 Å². The molecule has 1 fully saturated rings. The molecule has 0 nitrogen and oxygen atoms in total. The van der Waals surface area contributed by atoms with Crippen LogP contribution in [0.2, 0.25) is 0 Å². The fraction of sp³-hybridized carbons (Fsp3) is 0.426. The van der Waals surface area contributed by atoms with Crippen LogP contribution in [0.3, 0.4) is 0 Å². The minimum atomic E-state index is 0. The summed E-state index contributed by atoms with van der Waals surface area (Å²) in [4.78, 5) is 0. The van der Waals surface area contributed by atoms with Crippen LogP contribution >= 0.6 is 0 Å². The predicted octanol–water partition coefficient (Wildman–Crippen LogP) is 14.4. The van der Waals surface area contributed by atoms with Crippen LogP contribution in [0.4, 0.5) is 0 Å². The molecule has 0 aromatic heterocycles. The van der Waals surface area contributed by atoms with Crippen LogP contribution in [-0.4, -0.2) is 0 Å². The van der Waals surface area contributed by atoms with Gasteiger partial charge in [0, 0.05) is 0 Å². The van der Waals surface area contributed by atoms with Gasteiger partial charge in [-0.1, -0.05) is 143 Å². The van der Waals surface area contributed by atoms with E-state index in [9.17, 15) is 0 Å². The average Bonchev–Trinajstić information content (AvgIpc) is 3.72. The van der Waals surface area contributed by atoms with Crippen molar-refractivity contribution in [3.05, 3.63) is 138 Å². The van der Waals surface area contributed by atoms with Gasteiger partial charge in [0.1, 0.15) is 0 Å². The summed E-state index contributed by atoms with van der Waals surface area (Å²) in [6.07, 6.45) is 9.95. The molecule has 6 rings (SSSR count). The van der Waals surface area contributed by atoms with Gasteiger partial charge in [0.15, 0.2) is 0 Å². The van der Waals surface area contributed by atoms with Crippen molar-refractivity contribution >= 4 is 21.5 Å². The van der Waals surface area contributed by atoms with Gasteiger partial charge in [-0.3, -0.25) is 6.58 Å². The summed E-state index contributed by atoms with van der Waals surface area (Å²) in [6.45, 7) is 30.2. The molecule has 0 spiro atoms. The molecule has 1 saturated carbocycles. The molecule has 48 heavy (non-hydrogen) atoms. The van der Waals surface area contributed by atoms with Crippen molar-refractivity contribution in [3.8, 4) is 0 Å². The number of fused-ring (bicyclic) bond motifs is 3. The van der Waals surface area contributed by atoms with E-state index in [0.29, 0.717) is 11.8 Å². The van der Waals surface area contributed by atoms with Gasteiger partial charge in [0.05, 0.1) is 0 Å². The van der Waals surface area contributed by atoms with Crippen molar-refractivity contribution < 1.29 is 25.8 Å². The minimum Gasteiger partial charge on any atom is -0.501 e. The van der Waals surface area contributed by atoms with E-state index in [4.69, 9.17) is 0 Å². The molecule has 1 aliphatic carbocycles. The molecule has 0 saturated heterocycles. The van der Waals surface area contributed by atoms with E-state index in [1.807, 2.05) is 30.3 Å². The second-order valence-corrected chi connectivity index (χ2v) is 16.1. The molecule has 0 radical (unpaired) electrons. The first-order chi connectivity index (χ1) is 22.1. The standard InChI is InChI=1S/C21H25.C13H19.C8H13.C5H5.Hf/c1-20(2,3)16-7-9-18-14(12-16)11-15-13-17(21(4,5)6)8-10-19(15)18;1-9(2)12-6-11(5)7-13(8-12)10(3)4;1-2-8-6-4-3-5-7-8;1-2-4-5-3-1;/h7-13H,1-6H3;6-10H,5H2,1-4H3;8H,1,3-7H2;1-5H;/q4*-1;+4. The van der Waals surface area contributed by atoms with E-state index >= 15 is 0 Å². The number of hydrogen-bond donors (Lipinski definition) is 0. The third-order valence-electron chi connectivity index (χ3n) is 9.26. The van der Waals surface area contributed by atoms with Gasteiger partial charge in [0.2, 0.25) is 0 Å². The average molecular weight is 806 g/mol. The molecule has 0 heterocycles. The number of rotatable bonds is 3. The predicted molar refractivity (Wildman–Crippen MR) is 211 cm³/mol. The van der Waals surface area contributed by atoms with Gasteiger partial charge >= 0.3 is 25.8 Å². The molecular weight excluding hydrogens is 743 g/mol. The zero-order valence-electron chi connectivity index (χ0n) is 31.8. The molecule has 0 bridgehead atoms. The zero-order chi connectivity index (χ0) is 34.8. The van der Waals surface area contributed by atoms with Gasteiger partial charge < -0.3 is 6.08 Å². The molecular formula is C47H62Hf. The van der Waals surface area contributed by atoms with Crippen LogP contribution in [-0.2, 0) is 36.7 Å². The molecule has 1 aliphatic rings. The summed E-state index contributed by atoms with van der Waals surface area (Å²) < 4.78 is 0. The van der Waals surface area contributed by atoms with Crippen molar-refractivity contribution in [1.29, 1.82) is 0 Å². The second-order valence-electron chi connectivity index (χ2n) is 16.1. The molecule has 0 N–H and O–H groups in total. The monoisotopic (exact) mass is 806 g/mol. The number of hydrogen-bond acceptors (Lipinski definition) is 0. The van der Waals surface area contributed by atoms with E-state index in [-0.39, 0.29) is 36.7 Å². The Balaban J connectivity index is 0.000000251. The molecule has 0 amide bonds. The summed E-state index contributed by atoms with van der Waals surface area (Å²) in [5.74, 6) is 1.92. The summed E-state index contributed by atoms with van der Waals surface area (Å²) in [5, 5.41) is 5.48. The maximum atomic E-state index is 4.01. The molecule has 5 aromatic rings. The van der Waals surface area contributed by atoms with Gasteiger partial charge in [-0.05, 0) is 22.7 Å². The van der Waals surface area contributed by atoms with Crippen LogP contribution < -0.4 is 0 Å². The van der Waals surface area contributed by atoms with E-state index < -0.39 is 0 Å². The van der Waals surface area contributed by atoms with Crippen molar-refractivity contribution in [1.82, 2.24) is 0 Å². The first kappa shape index (κ1) is 41.5. The molecule has 5 aromatic carbocycles. The molecule has 1 heteroatoms. The topological polar surface area (TPSA) is 0 Å². The van der Waals surface area contributed by atoms with Gasteiger partial charge in [-0.25, -0.2) is 12.1 Å². The van der Waals surface area contributed by atoms with E-state index in [1.165, 1.54) is 75.9 Å². The Labute approximate surface area is 314 Å². The Kier molecular flexibility index (Phi) is 16.4. The number of allylic oxidation sites excluding steroid dienone is 1. The first-order valence-corrected chi connectivity index (χ1v) is 17.9. The van der Waals surface area contributed by atoms with Crippen LogP contribution in [0, 0.1) is 18.9 Å². The van der Waals surface area contributed by atoms with Crippen LogP contribution in [0.1, 0.15) is 141 Å². The van der Waals surface area contributed by atoms with Crippen molar-refractivity contribution in [2.45, 2.75) is 124 Å². The Morgan fingerprint density at radius 3 is 1.44 bits per heavy atom. The summed E-state index contributed by atoms with van der Waals surface area (Å²) >= 11 is 0. The molecule has 254 valence electrons. The molecule has 0 atom stereocenters. The third-order valence-corrected chi connectivity index (χ3v) is 9.26.